The Morgan fingerprint density at radius 3 is 2.48 bits per heavy atom. The number of carbonyl (C=O) groups excluding carboxylic acids is 1. The quantitative estimate of drug-likeness (QED) is 0.876. The number of benzene rings is 1. The van der Waals surface area contributed by atoms with Crippen molar-refractivity contribution in [2.45, 2.75) is 38.6 Å². The number of ether oxygens (including phenoxy) is 1. The van der Waals surface area contributed by atoms with Crippen molar-refractivity contribution in [3.8, 4) is 0 Å². The summed E-state index contributed by atoms with van der Waals surface area (Å²) in [7, 11) is 0. The van der Waals surface area contributed by atoms with Crippen LogP contribution in [-0.4, -0.2) is 54.2 Å². The molecule has 136 valence electrons. The minimum atomic E-state index is -0.687. The molecule has 6 nitrogen and oxygen atoms in total. The van der Waals surface area contributed by atoms with E-state index in [1.807, 2.05) is 30.0 Å². The van der Waals surface area contributed by atoms with E-state index >= 15 is 0 Å². The lowest BCUT2D eigenvalue weighted by atomic mass is 9.86. The molecule has 1 amide bonds. The van der Waals surface area contributed by atoms with Gasteiger partial charge in [0.25, 0.3) is 5.91 Å². The molecule has 2 N–H and O–H groups in total. The largest absolute Gasteiger partial charge is 0.481 e. The third kappa shape index (κ3) is 4.31. The molecule has 0 aromatic heterocycles. The Morgan fingerprint density at radius 2 is 1.84 bits per heavy atom. The number of carboxylic acid groups (broad SMARTS) is 1. The van der Waals surface area contributed by atoms with Gasteiger partial charge in [-0.1, -0.05) is 6.07 Å². The zero-order valence-electron chi connectivity index (χ0n) is 14.7. The number of nitrogens with zero attached hydrogens (tertiary/aromatic N) is 1. The van der Waals surface area contributed by atoms with Gasteiger partial charge in [0.05, 0.1) is 19.1 Å². The molecule has 0 radical (unpaired) electrons. The van der Waals surface area contributed by atoms with Crippen LogP contribution in [0.5, 0.6) is 0 Å². The number of aliphatic carboxylic acids is 1. The Labute approximate surface area is 148 Å². The molecular weight excluding hydrogens is 320 g/mol. The smallest absolute Gasteiger partial charge is 0.306 e. The molecule has 1 aliphatic carbocycles. The highest BCUT2D eigenvalue weighted by Gasteiger charge is 2.26. The fourth-order valence-electron chi connectivity index (χ4n) is 3.56. The van der Waals surface area contributed by atoms with Crippen molar-refractivity contribution in [2.24, 2.45) is 5.92 Å². The number of hydrogen-bond donors (Lipinski definition) is 2. The fourth-order valence-corrected chi connectivity index (χ4v) is 3.56. The van der Waals surface area contributed by atoms with Crippen LogP contribution in [0.2, 0.25) is 0 Å². The van der Waals surface area contributed by atoms with Crippen molar-refractivity contribution >= 4 is 17.6 Å². The molecule has 1 aliphatic heterocycles. The number of rotatable bonds is 4. The van der Waals surface area contributed by atoms with Gasteiger partial charge < -0.3 is 20.1 Å². The van der Waals surface area contributed by atoms with E-state index in [-0.39, 0.29) is 17.9 Å². The second-order valence-electron chi connectivity index (χ2n) is 6.97. The number of amides is 1. The third-order valence-electron chi connectivity index (χ3n) is 5.22. The summed E-state index contributed by atoms with van der Waals surface area (Å²) in [5, 5.41) is 12.6. The molecule has 0 bridgehead atoms. The van der Waals surface area contributed by atoms with Crippen molar-refractivity contribution < 1.29 is 19.4 Å². The maximum atomic E-state index is 12.7. The Bertz CT molecular complexity index is 632. The highest BCUT2D eigenvalue weighted by Crippen LogP contribution is 2.28. The van der Waals surface area contributed by atoms with Gasteiger partial charge in [0.1, 0.15) is 0 Å². The second-order valence-corrected chi connectivity index (χ2v) is 6.97. The standard InChI is InChI=1S/C19H26N2O4/c1-13-2-3-15(18(22)21-8-10-25-11-9-21)12-17(13)20-16-6-4-14(5-7-16)19(23)24/h2-3,12,14,16,20H,4-11H2,1H3,(H,23,24). The molecule has 2 aliphatic rings. The van der Waals surface area contributed by atoms with E-state index in [9.17, 15) is 9.59 Å². The average Bonchev–Trinajstić information content (AvgIpc) is 2.64. The van der Waals surface area contributed by atoms with E-state index in [2.05, 4.69) is 5.32 Å². The van der Waals surface area contributed by atoms with Gasteiger partial charge in [-0.2, -0.15) is 0 Å². The molecular formula is C19H26N2O4. The van der Waals surface area contributed by atoms with Crippen molar-refractivity contribution in [2.75, 3.05) is 31.6 Å². The number of carbonyl (C=O) groups is 2. The van der Waals surface area contributed by atoms with Crippen LogP contribution in [0, 0.1) is 12.8 Å². The van der Waals surface area contributed by atoms with E-state index in [1.165, 1.54) is 0 Å². The van der Waals surface area contributed by atoms with Crippen LogP contribution in [0.15, 0.2) is 18.2 Å². The summed E-state index contributed by atoms with van der Waals surface area (Å²) in [6, 6.07) is 6.04. The lowest BCUT2D eigenvalue weighted by molar-refractivity contribution is -0.142. The summed E-state index contributed by atoms with van der Waals surface area (Å²) in [5.74, 6) is -0.859. The summed E-state index contributed by atoms with van der Waals surface area (Å²) in [5.41, 5.74) is 2.76. The first-order valence-electron chi connectivity index (χ1n) is 9.01. The molecule has 0 unspecified atom stereocenters. The van der Waals surface area contributed by atoms with Crippen LogP contribution >= 0.6 is 0 Å². The third-order valence-corrected chi connectivity index (χ3v) is 5.22. The second kappa shape index (κ2) is 7.87. The molecule has 1 aromatic carbocycles. The van der Waals surface area contributed by atoms with Crippen molar-refractivity contribution in [3.05, 3.63) is 29.3 Å². The Hall–Kier alpha value is -2.08. The number of nitrogens with one attached hydrogen (secondary N) is 1. The van der Waals surface area contributed by atoms with Gasteiger partial charge in [0.2, 0.25) is 0 Å². The lowest BCUT2D eigenvalue weighted by Gasteiger charge is -2.29. The molecule has 1 aromatic rings. The van der Waals surface area contributed by atoms with Gasteiger partial charge in [-0.3, -0.25) is 9.59 Å². The zero-order valence-corrected chi connectivity index (χ0v) is 14.7. The highest BCUT2D eigenvalue weighted by molar-refractivity contribution is 5.95. The SMILES string of the molecule is Cc1ccc(C(=O)N2CCOCC2)cc1NC1CCC(C(=O)O)CC1. The van der Waals surface area contributed by atoms with Crippen LogP contribution in [0.25, 0.3) is 0 Å². The van der Waals surface area contributed by atoms with Crippen LogP contribution in [-0.2, 0) is 9.53 Å². The van der Waals surface area contributed by atoms with E-state index in [0.29, 0.717) is 44.7 Å². The van der Waals surface area contributed by atoms with Gasteiger partial charge in [0.15, 0.2) is 0 Å². The van der Waals surface area contributed by atoms with Gasteiger partial charge >= 0.3 is 5.97 Å². The van der Waals surface area contributed by atoms with Gasteiger partial charge in [-0.25, -0.2) is 0 Å². The first kappa shape index (κ1) is 17.7. The van der Waals surface area contributed by atoms with Gasteiger partial charge in [-0.15, -0.1) is 0 Å². The normalized spacial score (nSPS) is 24.0. The topological polar surface area (TPSA) is 78.9 Å². The molecule has 1 heterocycles. The first-order valence-corrected chi connectivity index (χ1v) is 9.01. The highest BCUT2D eigenvalue weighted by atomic mass is 16.5. The summed E-state index contributed by atoms with van der Waals surface area (Å²) in [4.78, 5) is 25.6. The lowest BCUT2D eigenvalue weighted by Crippen LogP contribution is -2.40. The summed E-state index contributed by atoms with van der Waals surface area (Å²) < 4.78 is 5.31. The molecule has 25 heavy (non-hydrogen) atoms. The summed E-state index contributed by atoms with van der Waals surface area (Å²) >= 11 is 0. The first-order chi connectivity index (χ1) is 12.0. The minimum absolute atomic E-state index is 0.0425. The number of carboxylic acids is 1. The zero-order chi connectivity index (χ0) is 17.8. The summed E-state index contributed by atoms with van der Waals surface area (Å²) in [6.45, 7) is 4.47. The molecule has 3 rings (SSSR count). The maximum Gasteiger partial charge on any atom is 0.306 e. The van der Waals surface area contributed by atoms with Crippen molar-refractivity contribution in [3.63, 3.8) is 0 Å². The molecule has 6 heteroatoms. The number of anilines is 1. The monoisotopic (exact) mass is 346 g/mol. The molecule has 2 fully saturated rings. The molecule has 0 atom stereocenters. The van der Waals surface area contributed by atoms with E-state index in [1.54, 1.807) is 0 Å². The van der Waals surface area contributed by atoms with Crippen LogP contribution in [0.1, 0.15) is 41.6 Å². The number of morpholine rings is 1. The van der Waals surface area contributed by atoms with Crippen molar-refractivity contribution in [1.29, 1.82) is 0 Å². The van der Waals surface area contributed by atoms with Crippen LogP contribution < -0.4 is 5.32 Å². The van der Waals surface area contributed by atoms with Gasteiger partial charge in [-0.05, 0) is 50.3 Å². The molecule has 0 spiro atoms. The van der Waals surface area contributed by atoms with Crippen LogP contribution in [0.3, 0.4) is 0 Å². The summed E-state index contributed by atoms with van der Waals surface area (Å²) in [6.07, 6.45) is 3.10. The van der Waals surface area contributed by atoms with Crippen LogP contribution in [0.4, 0.5) is 5.69 Å². The molecule has 1 saturated carbocycles. The predicted octanol–water partition coefficient (Wildman–Crippen LogP) is 2.52. The maximum absolute atomic E-state index is 12.7. The Kier molecular flexibility index (Phi) is 5.58. The minimum Gasteiger partial charge on any atom is -0.481 e. The Balaban J connectivity index is 1.65. The van der Waals surface area contributed by atoms with E-state index in [4.69, 9.17) is 9.84 Å². The average molecular weight is 346 g/mol. The predicted molar refractivity (Wildman–Crippen MR) is 94.9 cm³/mol. The van der Waals surface area contributed by atoms with E-state index in [0.717, 1.165) is 24.1 Å². The fraction of sp³-hybridized carbons (Fsp3) is 0.579. The Morgan fingerprint density at radius 1 is 1.16 bits per heavy atom. The number of aryl methyl sites for hydroxylation is 1. The molecule has 1 saturated heterocycles. The van der Waals surface area contributed by atoms with Gasteiger partial charge in [0, 0.05) is 30.4 Å². The van der Waals surface area contributed by atoms with E-state index < -0.39 is 5.97 Å². The van der Waals surface area contributed by atoms with Crippen molar-refractivity contribution in [1.82, 2.24) is 4.90 Å². The number of hydrogen-bond acceptors (Lipinski definition) is 4.